The van der Waals surface area contributed by atoms with Gasteiger partial charge >= 0.3 is 0 Å². The number of halogens is 2. The second-order valence-corrected chi connectivity index (χ2v) is 4.74. The van der Waals surface area contributed by atoms with E-state index in [0.717, 1.165) is 6.07 Å². The summed E-state index contributed by atoms with van der Waals surface area (Å²) in [6.07, 6.45) is -0.322. The summed E-state index contributed by atoms with van der Waals surface area (Å²) in [5, 5.41) is 9.82. The Balaban J connectivity index is 2.68. The third-order valence-electron chi connectivity index (χ3n) is 2.77. The summed E-state index contributed by atoms with van der Waals surface area (Å²) < 4.78 is 31.5. The van der Waals surface area contributed by atoms with E-state index < -0.39 is 23.3 Å². The smallest absolute Gasteiger partial charge is 0.162 e. The summed E-state index contributed by atoms with van der Waals surface area (Å²) in [7, 11) is 1.55. The lowest BCUT2D eigenvalue weighted by Crippen LogP contribution is -2.30. The van der Waals surface area contributed by atoms with E-state index in [-0.39, 0.29) is 12.0 Å². The molecule has 96 valence electrons. The van der Waals surface area contributed by atoms with Crippen LogP contribution in [0.1, 0.15) is 25.8 Å². The standard InChI is InChI=1S/C13H18F2O2/c1-13(2,17-3)8-10(16)7-9-5-4-6-11(14)12(9)15/h4-6,10,16H,7-8H2,1-3H3. The van der Waals surface area contributed by atoms with Gasteiger partial charge < -0.3 is 9.84 Å². The molecule has 1 atom stereocenters. The fourth-order valence-electron chi connectivity index (χ4n) is 1.68. The lowest BCUT2D eigenvalue weighted by Gasteiger charge is -2.25. The predicted molar refractivity (Wildman–Crippen MR) is 61.8 cm³/mol. The average Bonchev–Trinajstić information content (AvgIpc) is 2.24. The summed E-state index contributed by atoms with van der Waals surface area (Å²) in [4.78, 5) is 0. The maximum absolute atomic E-state index is 13.4. The van der Waals surface area contributed by atoms with Crippen molar-refractivity contribution in [3.8, 4) is 0 Å². The SMILES string of the molecule is COC(C)(C)CC(O)Cc1cccc(F)c1F. The second kappa shape index (κ2) is 5.56. The van der Waals surface area contributed by atoms with Gasteiger partial charge in [-0.05, 0) is 25.5 Å². The monoisotopic (exact) mass is 244 g/mol. The number of methoxy groups -OCH3 is 1. The lowest BCUT2D eigenvalue weighted by molar-refractivity contribution is -0.0192. The van der Waals surface area contributed by atoms with Crippen LogP contribution >= 0.6 is 0 Å². The fraction of sp³-hybridized carbons (Fsp3) is 0.538. The molecule has 0 saturated heterocycles. The quantitative estimate of drug-likeness (QED) is 0.863. The molecule has 0 saturated carbocycles. The van der Waals surface area contributed by atoms with E-state index in [1.165, 1.54) is 12.1 Å². The number of benzene rings is 1. The molecular formula is C13H18F2O2. The topological polar surface area (TPSA) is 29.5 Å². The van der Waals surface area contributed by atoms with E-state index in [1.807, 2.05) is 13.8 Å². The van der Waals surface area contributed by atoms with Crippen LogP contribution in [0.3, 0.4) is 0 Å². The molecule has 0 heterocycles. The van der Waals surface area contributed by atoms with Gasteiger partial charge in [0.05, 0.1) is 11.7 Å². The number of rotatable bonds is 5. The van der Waals surface area contributed by atoms with Crippen LogP contribution < -0.4 is 0 Å². The molecule has 2 nitrogen and oxygen atoms in total. The lowest BCUT2D eigenvalue weighted by atomic mass is 9.96. The van der Waals surface area contributed by atoms with Gasteiger partial charge in [-0.1, -0.05) is 12.1 Å². The maximum atomic E-state index is 13.4. The number of hydrogen-bond donors (Lipinski definition) is 1. The molecule has 1 aromatic carbocycles. The highest BCUT2D eigenvalue weighted by Gasteiger charge is 2.22. The number of aliphatic hydroxyl groups is 1. The van der Waals surface area contributed by atoms with Crippen LogP contribution in [0.4, 0.5) is 8.78 Å². The van der Waals surface area contributed by atoms with Gasteiger partial charge in [-0.25, -0.2) is 8.78 Å². The van der Waals surface area contributed by atoms with Gasteiger partial charge in [0.1, 0.15) is 0 Å². The van der Waals surface area contributed by atoms with Crippen LogP contribution in [0.15, 0.2) is 18.2 Å². The van der Waals surface area contributed by atoms with Gasteiger partial charge in [0.2, 0.25) is 0 Å². The highest BCUT2D eigenvalue weighted by Crippen LogP contribution is 2.20. The van der Waals surface area contributed by atoms with Crippen molar-refractivity contribution in [3.05, 3.63) is 35.4 Å². The Morgan fingerprint density at radius 1 is 1.35 bits per heavy atom. The Kier molecular flexibility index (Phi) is 4.60. The molecule has 0 amide bonds. The summed E-state index contributed by atoms with van der Waals surface area (Å²) in [6, 6.07) is 3.97. The molecule has 0 aliphatic rings. The number of ether oxygens (including phenoxy) is 1. The summed E-state index contributed by atoms with van der Waals surface area (Å²) in [6.45, 7) is 3.66. The zero-order valence-corrected chi connectivity index (χ0v) is 10.3. The van der Waals surface area contributed by atoms with Gasteiger partial charge in [-0.15, -0.1) is 0 Å². The zero-order valence-electron chi connectivity index (χ0n) is 10.3. The van der Waals surface area contributed by atoms with Crippen LogP contribution in [0.25, 0.3) is 0 Å². The van der Waals surface area contributed by atoms with Crippen molar-refractivity contribution in [2.45, 2.75) is 38.4 Å². The highest BCUT2D eigenvalue weighted by atomic mass is 19.2. The minimum absolute atomic E-state index is 0.0797. The van der Waals surface area contributed by atoms with Crippen molar-refractivity contribution in [3.63, 3.8) is 0 Å². The fourth-order valence-corrected chi connectivity index (χ4v) is 1.68. The third kappa shape index (κ3) is 4.06. The van der Waals surface area contributed by atoms with E-state index in [4.69, 9.17) is 4.74 Å². The first-order valence-corrected chi connectivity index (χ1v) is 5.52. The largest absolute Gasteiger partial charge is 0.393 e. The Bertz CT molecular complexity index is 378. The molecule has 0 bridgehead atoms. The molecule has 0 fully saturated rings. The van der Waals surface area contributed by atoms with Crippen LogP contribution in [-0.4, -0.2) is 23.9 Å². The number of aliphatic hydroxyl groups excluding tert-OH is 1. The average molecular weight is 244 g/mol. The van der Waals surface area contributed by atoms with Crippen LogP contribution in [0.5, 0.6) is 0 Å². The van der Waals surface area contributed by atoms with E-state index >= 15 is 0 Å². The molecule has 1 rings (SSSR count). The molecule has 0 radical (unpaired) electrons. The van der Waals surface area contributed by atoms with Gasteiger partial charge in [0.25, 0.3) is 0 Å². The Hall–Kier alpha value is -1.00. The minimum Gasteiger partial charge on any atom is -0.393 e. The van der Waals surface area contributed by atoms with E-state index in [0.29, 0.717) is 6.42 Å². The Labute approximate surface area is 100 Å². The van der Waals surface area contributed by atoms with Gasteiger partial charge in [-0.2, -0.15) is 0 Å². The van der Waals surface area contributed by atoms with Crippen molar-refractivity contribution < 1.29 is 18.6 Å². The molecule has 1 aromatic rings. The first-order valence-electron chi connectivity index (χ1n) is 5.52. The molecule has 0 aliphatic carbocycles. The summed E-state index contributed by atoms with van der Waals surface area (Å²) in [5.41, 5.74) is -0.298. The van der Waals surface area contributed by atoms with Crippen molar-refractivity contribution >= 4 is 0 Å². The third-order valence-corrected chi connectivity index (χ3v) is 2.77. The molecule has 17 heavy (non-hydrogen) atoms. The zero-order chi connectivity index (χ0) is 13.1. The Morgan fingerprint density at radius 3 is 2.59 bits per heavy atom. The first-order chi connectivity index (χ1) is 7.85. The van der Waals surface area contributed by atoms with Crippen LogP contribution in [0, 0.1) is 11.6 Å². The van der Waals surface area contributed by atoms with Crippen molar-refractivity contribution in [2.24, 2.45) is 0 Å². The molecule has 4 heteroatoms. The summed E-state index contributed by atoms with van der Waals surface area (Å²) in [5.74, 6) is -1.78. The molecule has 0 aromatic heterocycles. The molecule has 0 spiro atoms. The van der Waals surface area contributed by atoms with Crippen LogP contribution in [0.2, 0.25) is 0 Å². The van der Waals surface area contributed by atoms with Crippen LogP contribution in [-0.2, 0) is 11.2 Å². The molecular weight excluding hydrogens is 226 g/mol. The molecule has 1 unspecified atom stereocenters. The van der Waals surface area contributed by atoms with E-state index in [9.17, 15) is 13.9 Å². The van der Waals surface area contributed by atoms with E-state index in [1.54, 1.807) is 7.11 Å². The summed E-state index contributed by atoms with van der Waals surface area (Å²) >= 11 is 0. The van der Waals surface area contributed by atoms with E-state index in [2.05, 4.69) is 0 Å². The van der Waals surface area contributed by atoms with Gasteiger partial charge in [0, 0.05) is 20.0 Å². The predicted octanol–water partition coefficient (Wildman–Crippen LogP) is 2.68. The van der Waals surface area contributed by atoms with Gasteiger partial charge in [0.15, 0.2) is 11.6 Å². The first kappa shape index (κ1) is 14.1. The highest BCUT2D eigenvalue weighted by molar-refractivity contribution is 5.19. The molecule has 0 aliphatic heterocycles. The Morgan fingerprint density at radius 2 is 2.00 bits per heavy atom. The van der Waals surface area contributed by atoms with Crippen molar-refractivity contribution in [2.75, 3.05) is 7.11 Å². The number of hydrogen-bond acceptors (Lipinski definition) is 2. The van der Waals surface area contributed by atoms with Crippen molar-refractivity contribution in [1.29, 1.82) is 0 Å². The minimum atomic E-state index is -0.888. The normalized spacial score (nSPS) is 13.8. The van der Waals surface area contributed by atoms with Gasteiger partial charge in [-0.3, -0.25) is 0 Å². The second-order valence-electron chi connectivity index (χ2n) is 4.74. The van der Waals surface area contributed by atoms with Crippen molar-refractivity contribution in [1.82, 2.24) is 0 Å². The molecule has 1 N–H and O–H groups in total. The maximum Gasteiger partial charge on any atom is 0.162 e.